The van der Waals surface area contributed by atoms with Crippen LogP contribution in [0.2, 0.25) is 0 Å². The molecule has 1 fully saturated rings. The number of benzene rings is 2. The lowest BCUT2D eigenvalue weighted by Gasteiger charge is -2.29. The number of nitrogens with zero attached hydrogens (tertiary/aromatic N) is 4. The first-order valence-corrected chi connectivity index (χ1v) is 8.64. The zero-order valence-corrected chi connectivity index (χ0v) is 15.2. The van der Waals surface area contributed by atoms with E-state index in [-0.39, 0.29) is 16.8 Å². The molecule has 10 heteroatoms. The molecule has 3 rings (SSSR count). The van der Waals surface area contributed by atoms with Gasteiger partial charge in [0.25, 0.3) is 11.6 Å². The first-order valence-electron chi connectivity index (χ1n) is 8.64. The summed E-state index contributed by atoms with van der Waals surface area (Å²) < 4.78 is 19.2. The van der Waals surface area contributed by atoms with Crippen molar-refractivity contribution in [3.05, 3.63) is 69.0 Å². The molecule has 1 saturated heterocycles. The zero-order chi connectivity index (χ0) is 20.8. The number of halogens is 1. The minimum absolute atomic E-state index is 0.0919. The van der Waals surface area contributed by atoms with Gasteiger partial charge < -0.3 is 9.64 Å². The Balaban J connectivity index is 1.81. The van der Waals surface area contributed by atoms with Crippen molar-refractivity contribution >= 4 is 23.5 Å². The molecule has 148 valence electrons. The first-order chi connectivity index (χ1) is 14.0. The maximum atomic E-state index is 13.9. The van der Waals surface area contributed by atoms with E-state index in [9.17, 15) is 19.3 Å². The summed E-state index contributed by atoms with van der Waals surface area (Å²) >= 11 is 0. The van der Waals surface area contributed by atoms with Crippen LogP contribution in [0.25, 0.3) is 0 Å². The fraction of sp³-hybridized carbons (Fsp3) is 0.211. The van der Waals surface area contributed by atoms with Crippen molar-refractivity contribution in [1.82, 2.24) is 5.43 Å². The lowest BCUT2D eigenvalue weighted by molar-refractivity contribution is -0.384. The summed E-state index contributed by atoms with van der Waals surface area (Å²) in [7, 11) is 0. The quantitative estimate of drug-likeness (QED) is 0.469. The highest BCUT2D eigenvalue weighted by Gasteiger charge is 2.17. The molecule has 0 spiro atoms. The van der Waals surface area contributed by atoms with E-state index in [1.165, 1.54) is 30.5 Å². The highest BCUT2D eigenvalue weighted by Crippen LogP contribution is 2.25. The number of amides is 1. The molecular weight excluding hydrogens is 381 g/mol. The Bertz CT molecular complexity index is 1010. The number of anilines is 1. The average Bonchev–Trinajstić information content (AvgIpc) is 2.74. The molecular formula is C19H16FN5O4. The smallest absolute Gasteiger partial charge is 0.274 e. The molecule has 1 aliphatic rings. The zero-order valence-electron chi connectivity index (χ0n) is 15.2. The number of nitrogens with one attached hydrogen (secondary N) is 1. The van der Waals surface area contributed by atoms with Crippen molar-refractivity contribution in [2.75, 3.05) is 31.2 Å². The van der Waals surface area contributed by atoms with Gasteiger partial charge in [0, 0.05) is 36.5 Å². The topological polar surface area (TPSA) is 121 Å². The molecule has 0 bridgehead atoms. The maximum absolute atomic E-state index is 13.9. The Morgan fingerprint density at radius 2 is 2.07 bits per heavy atom. The molecule has 0 aliphatic carbocycles. The number of nitriles is 1. The predicted octanol–water partition coefficient (Wildman–Crippen LogP) is 2.21. The van der Waals surface area contributed by atoms with Gasteiger partial charge in [0.1, 0.15) is 5.82 Å². The molecule has 2 aromatic rings. The number of rotatable bonds is 5. The first kappa shape index (κ1) is 19.9. The number of nitro groups is 1. The molecule has 2 aromatic carbocycles. The van der Waals surface area contributed by atoms with E-state index in [0.29, 0.717) is 37.6 Å². The second-order valence-electron chi connectivity index (χ2n) is 6.11. The number of morpholine rings is 1. The van der Waals surface area contributed by atoms with Crippen molar-refractivity contribution in [1.29, 1.82) is 5.26 Å². The monoisotopic (exact) mass is 397 g/mol. The van der Waals surface area contributed by atoms with Crippen LogP contribution >= 0.6 is 0 Å². The molecule has 29 heavy (non-hydrogen) atoms. The Morgan fingerprint density at radius 3 is 2.72 bits per heavy atom. The molecule has 0 saturated carbocycles. The van der Waals surface area contributed by atoms with Crippen LogP contribution in [-0.2, 0) is 4.74 Å². The Labute approximate surface area is 165 Å². The van der Waals surface area contributed by atoms with E-state index in [1.807, 2.05) is 4.90 Å². The van der Waals surface area contributed by atoms with Crippen LogP contribution in [0, 0.1) is 27.3 Å². The van der Waals surface area contributed by atoms with E-state index in [0.717, 1.165) is 6.07 Å². The third-order valence-corrected chi connectivity index (χ3v) is 4.29. The van der Waals surface area contributed by atoms with E-state index in [1.54, 1.807) is 12.1 Å². The van der Waals surface area contributed by atoms with E-state index in [2.05, 4.69) is 10.5 Å². The number of non-ortho nitro benzene ring substituents is 1. The standard InChI is InChI=1S/C19H16FN5O4/c20-17-9-13(11-21)1-3-16(17)19(26)23-22-12-14-10-15(25(27)28)2-4-18(14)24-5-7-29-8-6-24/h1-4,9-10,12H,5-8H2,(H,23,26)/b22-12-. The van der Waals surface area contributed by atoms with Gasteiger partial charge in [-0.1, -0.05) is 0 Å². The van der Waals surface area contributed by atoms with Crippen molar-refractivity contribution in [2.24, 2.45) is 5.10 Å². The predicted molar refractivity (Wildman–Crippen MR) is 102 cm³/mol. The van der Waals surface area contributed by atoms with Crippen LogP contribution in [0.15, 0.2) is 41.5 Å². The second-order valence-corrected chi connectivity index (χ2v) is 6.11. The number of ether oxygens (including phenoxy) is 1. The SMILES string of the molecule is N#Cc1ccc(C(=O)N/N=C\c2cc([N+](=O)[O-])ccc2N2CCOCC2)c(F)c1. The highest BCUT2D eigenvalue weighted by atomic mass is 19.1. The molecule has 1 N–H and O–H groups in total. The Hall–Kier alpha value is -3.84. The molecule has 0 atom stereocenters. The van der Waals surface area contributed by atoms with Gasteiger partial charge in [-0.25, -0.2) is 9.82 Å². The lowest BCUT2D eigenvalue weighted by Crippen LogP contribution is -2.36. The number of hydrogen-bond acceptors (Lipinski definition) is 7. The fourth-order valence-electron chi connectivity index (χ4n) is 2.84. The molecule has 9 nitrogen and oxygen atoms in total. The summed E-state index contributed by atoms with van der Waals surface area (Å²) in [6, 6.07) is 9.60. The van der Waals surface area contributed by atoms with Crippen LogP contribution in [0.5, 0.6) is 0 Å². The van der Waals surface area contributed by atoms with Gasteiger partial charge in [0.15, 0.2) is 0 Å². The van der Waals surface area contributed by atoms with Gasteiger partial charge in [-0.3, -0.25) is 14.9 Å². The number of carbonyl (C=O) groups is 1. The number of carbonyl (C=O) groups excluding carboxylic acids is 1. The lowest BCUT2D eigenvalue weighted by atomic mass is 10.1. The minimum Gasteiger partial charge on any atom is -0.378 e. The summed E-state index contributed by atoms with van der Waals surface area (Å²) in [5, 5.41) is 23.7. The molecule has 0 radical (unpaired) electrons. The van der Waals surface area contributed by atoms with Crippen molar-refractivity contribution in [3.8, 4) is 6.07 Å². The van der Waals surface area contributed by atoms with Crippen molar-refractivity contribution < 1.29 is 18.8 Å². The second kappa shape index (κ2) is 8.90. The Morgan fingerprint density at radius 1 is 1.31 bits per heavy atom. The summed E-state index contributed by atoms with van der Waals surface area (Å²) in [5.41, 5.74) is 3.05. The fourth-order valence-corrected chi connectivity index (χ4v) is 2.84. The average molecular weight is 397 g/mol. The molecule has 0 unspecified atom stereocenters. The van der Waals surface area contributed by atoms with Crippen LogP contribution in [0.1, 0.15) is 21.5 Å². The summed E-state index contributed by atoms with van der Waals surface area (Å²) in [5.74, 6) is -1.65. The van der Waals surface area contributed by atoms with E-state index in [4.69, 9.17) is 10.00 Å². The molecule has 1 heterocycles. The number of hydrogen-bond donors (Lipinski definition) is 1. The van der Waals surface area contributed by atoms with Crippen molar-refractivity contribution in [3.63, 3.8) is 0 Å². The van der Waals surface area contributed by atoms with Gasteiger partial charge in [-0.15, -0.1) is 0 Å². The molecule has 1 amide bonds. The van der Waals surface area contributed by atoms with E-state index >= 15 is 0 Å². The van der Waals surface area contributed by atoms with Gasteiger partial charge in [-0.05, 0) is 24.3 Å². The number of hydrazone groups is 1. The van der Waals surface area contributed by atoms with E-state index < -0.39 is 16.6 Å². The third-order valence-electron chi connectivity index (χ3n) is 4.29. The summed E-state index contributed by atoms with van der Waals surface area (Å²) in [6.07, 6.45) is 1.28. The summed E-state index contributed by atoms with van der Waals surface area (Å²) in [4.78, 5) is 24.7. The van der Waals surface area contributed by atoms with Crippen LogP contribution in [0.3, 0.4) is 0 Å². The maximum Gasteiger partial charge on any atom is 0.274 e. The van der Waals surface area contributed by atoms with Gasteiger partial charge in [-0.2, -0.15) is 10.4 Å². The Kier molecular flexibility index (Phi) is 6.11. The van der Waals surface area contributed by atoms with Crippen molar-refractivity contribution in [2.45, 2.75) is 0 Å². The normalized spacial score (nSPS) is 13.9. The third kappa shape index (κ3) is 4.72. The van der Waals surface area contributed by atoms with Gasteiger partial charge in [0.2, 0.25) is 0 Å². The van der Waals surface area contributed by atoms with Gasteiger partial charge >= 0.3 is 0 Å². The summed E-state index contributed by atoms with van der Waals surface area (Å²) in [6.45, 7) is 2.29. The van der Waals surface area contributed by atoms with Crippen LogP contribution < -0.4 is 10.3 Å². The minimum atomic E-state index is -0.846. The molecule has 1 aliphatic heterocycles. The van der Waals surface area contributed by atoms with Gasteiger partial charge in [0.05, 0.1) is 41.5 Å². The van der Waals surface area contributed by atoms with Crippen LogP contribution in [0.4, 0.5) is 15.8 Å². The largest absolute Gasteiger partial charge is 0.378 e. The highest BCUT2D eigenvalue weighted by molar-refractivity contribution is 5.96. The van der Waals surface area contributed by atoms with Crippen LogP contribution in [-0.4, -0.2) is 43.3 Å². The molecule has 0 aromatic heterocycles. The number of nitro benzene ring substituents is 1.